The lowest BCUT2D eigenvalue weighted by molar-refractivity contribution is 0.0525. The number of carbonyl (C=O) groups is 2. The van der Waals surface area contributed by atoms with E-state index in [-0.39, 0.29) is 29.5 Å². The molecule has 0 bridgehead atoms. The van der Waals surface area contributed by atoms with Crippen molar-refractivity contribution in [3.05, 3.63) is 53.6 Å². The molecule has 0 unspecified atom stereocenters. The predicted molar refractivity (Wildman–Crippen MR) is 116 cm³/mol. The zero-order valence-electron chi connectivity index (χ0n) is 16.6. The van der Waals surface area contributed by atoms with E-state index in [0.717, 1.165) is 0 Å². The minimum absolute atomic E-state index is 0.220. The van der Waals surface area contributed by atoms with E-state index in [9.17, 15) is 9.59 Å². The Morgan fingerprint density at radius 3 is 2.00 bits per heavy atom. The van der Waals surface area contributed by atoms with Gasteiger partial charge in [0.05, 0.1) is 36.6 Å². The van der Waals surface area contributed by atoms with Crippen molar-refractivity contribution >= 4 is 40.6 Å². The summed E-state index contributed by atoms with van der Waals surface area (Å²) < 4.78 is 15.6. The molecule has 2 rings (SSSR count). The fraction of sp³-hybridized carbons (Fsp3) is 0.286. The number of rotatable bonds is 8. The zero-order chi connectivity index (χ0) is 21.2. The highest BCUT2D eigenvalue weighted by Crippen LogP contribution is 2.24. The average molecular weight is 416 g/mol. The Labute approximate surface area is 175 Å². The topological polar surface area (TPSA) is 85.9 Å². The minimum Gasteiger partial charge on any atom is -0.492 e. The molecule has 0 aliphatic rings. The molecule has 2 aromatic rings. The molecule has 29 heavy (non-hydrogen) atoms. The summed E-state index contributed by atoms with van der Waals surface area (Å²) in [5.41, 5.74) is 1.58. The van der Waals surface area contributed by atoms with Crippen molar-refractivity contribution in [2.45, 2.75) is 20.8 Å². The summed E-state index contributed by atoms with van der Waals surface area (Å²) in [4.78, 5) is 24.3. The number of hydrogen-bond donors (Lipinski definition) is 2. The van der Waals surface area contributed by atoms with Gasteiger partial charge >= 0.3 is 11.9 Å². The largest absolute Gasteiger partial charge is 0.492 e. The van der Waals surface area contributed by atoms with E-state index in [4.69, 9.17) is 26.4 Å². The maximum absolute atomic E-state index is 12.2. The molecule has 0 fully saturated rings. The standard InChI is InChI=1S/C21H24N2O5S/c1-4-26-18-10-8-7-9-17(18)23-21(29)22-16-12-14(19(24)27-5-2)11-15(13-16)20(25)28-6-3/h7-13H,4-6H2,1-3H3,(H2,22,23,29). The first-order valence-electron chi connectivity index (χ1n) is 9.27. The lowest BCUT2D eigenvalue weighted by atomic mass is 10.1. The Morgan fingerprint density at radius 1 is 0.862 bits per heavy atom. The third kappa shape index (κ3) is 6.46. The van der Waals surface area contributed by atoms with E-state index in [2.05, 4.69) is 10.6 Å². The summed E-state index contributed by atoms with van der Waals surface area (Å²) in [6.45, 7) is 6.27. The molecule has 0 aliphatic heterocycles. The third-order valence-electron chi connectivity index (χ3n) is 3.65. The van der Waals surface area contributed by atoms with Crippen molar-refractivity contribution in [3.63, 3.8) is 0 Å². The van der Waals surface area contributed by atoms with Crippen LogP contribution in [0, 0.1) is 0 Å². The number of anilines is 2. The van der Waals surface area contributed by atoms with E-state index in [1.807, 2.05) is 31.2 Å². The van der Waals surface area contributed by atoms with E-state index in [1.165, 1.54) is 6.07 Å². The molecule has 0 radical (unpaired) electrons. The van der Waals surface area contributed by atoms with Crippen molar-refractivity contribution < 1.29 is 23.8 Å². The Balaban J connectivity index is 2.25. The summed E-state index contributed by atoms with van der Waals surface area (Å²) in [5.74, 6) is -0.420. The van der Waals surface area contributed by atoms with Crippen LogP contribution in [-0.4, -0.2) is 36.9 Å². The molecule has 8 heteroatoms. The van der Waals surface area contributed by atoms with E-state index in [0.29, 0.717) is 23.7 Å². The van der Waals surface area contributed by atoms with Crippen LogP contribution in [0.3, 0.4) is 0 Å². The van der Waals surface area contributed by atoms with Crippen LogP contribution in [0.15, 0.2) is 42.5 Å². The molecule has 0 saturated carbocycles. The molecular formula is C21H24N2O5S. The van der Waals surface area contributed by atoms with Crippen molar-refractivity contribution in [2.75, 3.05) is 30.5 Å². The Hall–Kier alpha value is -3.13. The normalized spacial score (nSPS) is 10.0. The fourth-order valence-electron chi connectivity index (χ4n) is 2.50. The maximum atomic E-state index is 12.2. The van der Waals surface area contributed by atoms with Gasteiger partial charge in [-0.3, -0.25) is 0 Å². The molecule has 0 amide bonds. The summed E-state index contributed by atoms with van der Waals surface area (Å²) >= 11 is 5.37. The first-order chi connectivity index (χ1) is 14.0. The number of hydrogen-bond acceptors (Lipinski definition) is 6. The number of esters is 2. The van der Waals surface area contributed by atoms with Gasteiger partial charge in [-0.15, -0.1) is 0 Å². The maximum Gasteiger partial charge on any atom is 0.338 e. The molecule has 0 heterocycles. The first-order valence-corrected chi connectivity index (χ1v) is 9.68. The molecule has 0 atom stereocenters. The van der Waals surface area contributed by atoms with Crippen LogP contribution < -0.4 is 15.4 Å². The molecular weight excluding hydrogens is 392 g/mol. The average Bonchev–Trinajstić information content (AvgIpc) is 2.69. The van der Waals surface area contributed by atoms with Crippen molar-refractivity contribution in [1.82, 2.24) is 0 Å². The monoisotopic (exact) mass is 416 g/mol. The van der Waals surface area contributed by atoms with Crippen LogP contribution >= 0.6 is 12.2 Å². The number of nitrogens with one attached hydrogen (secondary N) is 2. The number of benzene rings is 2. The smallest absolute Gasteiger partial charge is 0.338 e. The molecule has 0 aromatic heterocycles. The van der Waals surface area contributed by atoms with E-state index < -0.39 is 11.9 Å². The Bertz CT molecular complexity index is 849. The second kappa shape index (κ2) is 11.0. The summed E-state index contributed by atoms with van der Waals surface area (Å²) in [6, 6.07) is 11.9. The van der Waals surface area contributed by atoms with Gasteiger partial charge in [-0.2, -0.15) is 0 Å². The number of thiocarbonyl (C=S) groups is 1. The molecule has 154 valence electrons. The van der Waals surface area contributed by atoms with Crippen LogP contribution in [-0.2, 0) is 9.47 Å². The number of ether oxygens (including phenoxy) is 3. The van der Waals surface area contributed by atoms with E-state index in [1.54, 1.807) is 26.0 Å². The quantitative estimate of drug-likeness (QED) is 0.488. The van der Waals surface area contributed by atoms with Crippen molar-refractivity contribution in [3.8, 4) is 5.75 Å². The Morgan fingerprint density at radius 2 is 1.45 bits per heavy atom. The van der Waals surface area contributed by atoms with Gasteiger partial charge in [-0.1, -0.05) is 12.1 Å². The second-order valence-corrected chi connectivity index (χ2v) is 6.16. The van der Waals surface area contributed by atoms with Crippen molar-refractivity contribution in [1.29, 1.82) is 0 Å². The molecule has 7 nitrogen and oxygen atoms in total. The highest BCUT2D eigenvalue weighted by Gasteiger charge is 2.15. The van der Waals surface area contributed by atoms with Crippen molar-refractivity contribution in [2.24, 2.45) is 0 Å². The van der Waals surface area contributed by atoms with E-state index >= 15 is 0 Å². The highest BCUT2D eigenvalue weighted by molar-refractivity contribution is 7.80. The van der Waals surface area contributed by atoms with Gasteiger partial charge in [-0.05, 0) is 63.3 Å². The molecule has 2 aromatic carbocycles. The first kappa shape index (κ1) is 22.2. The minimum atomic E-state index is -0.540. The number of carbonyl (C=O) groups excluding carboxylic acids is 2. The van der Waals surface area contributed by atoms with Gasteiger partial charge in [-0.25, -0.2) is 9.59 Å². The third-order valence-corrected chi connectivity index (χ3v) is 3.85. The SMILES string of the molecule is CCOC(=O)c1cc(NC(=S)Nc2ccccc2OCC)cc(C(=O)OCC)c1. The van der Waals surface area contributed by atoms with Gasteiger partial charge in [0.25, 0.3) is 0 Å². The molecule has 2 N–H and O–H groups in total. The molecule has 0 spiro atoms. The number of para-hydroxylation sites is 2. The highest BCUT2D eigenvalue weighted by atomic mass is 32.1. The Kier molecular flexibility index (Phi) is 8.42. The lowest BCUT2D eigenvalue weighted by Crippen LogP contribution is -2.20. The van der Waals surface area contributed by atoms with Crippen LogP contribution in [0.2, 0.25) is 0 Å². The van der Waals surface area contributed by atoms with Crippen LogP contribution in [0.4, 0.5) is 11.4 Å². The van der Waals surface area contributed by atoms with Gasteiger partial charge in [0, 0.05) is 5.69 Å². The summed E-state index contributed by atoms with van der Waals surface area (Å²) in [6.07, 6.45) is 0. The van der Waals surface area contributed by atoms with Gasteiger partial charge < -0.3 is 24.8 Å². The molecule has 0 saturated heterocycles. The summed E-state index contributed by atoms with van der Waals surface area (Å²) in [5, 5.41) is 6.31. The van der Waals surface area contributed by atoms with Gasteiger partial charge in [0.15, 0.2) is 5.11 Å². The predicted octanol–water partition coefficient (Wildman–Crippen LogP) is 4.25. The van der Waals surface area contributed by atoms with Crippen LogP contribution in [0.5, 0.6) is 5.75 Å². The second-order valence-electron chi connectivity index (χ2n) is 5.75. The molecule has 0 aliphatic carbocycles. The van der Waals surface area contributed by atoms with Crippen LogP contribution in [0.25, 0.3) is 0 Å². The van der Waals surface area contributed by atoms with Crippen LogP contribution in [0.1, 0.15) is 41.5 Å². The fourth-order valence-corrected chi connectivity index (χ4v) is 2.73. The van der Waals surface area contributed by atoms with Gasteiger partial charge in [0.1, 0.15) is 5.75 Å². The lowest BCUT2D eigenvalue weighted by Gasteiger charge is -2.15. The summed E-state index contributed by atoms with van der Waals surface area (Å²) in [7, 11) is 0. The van der Waals surface area contributed by atoms with Gasteiger partial charge in [0.2, 0.25) is 0 Å². The zero-order valence-corrected chi connectivity index (χ0v) is 17.4.